The standard InChI is InChI=1S/C37H37F2N5O3/c1-3-27-20(2)4-5-21-10-25(45)12-28(31(21)27)32-30(38)13-29-34(33(32)39)41-36(42-35(29)43-14-22-6-7-23(15-43)40-22)47-19-37(8-9-37)18-44-16-26-11-24(44)17-46-26/h1,4-5,10,12-13,22-24,26,40,45H,6-9,11,14-19H2,2H3/t22?,23?,24-,26-/m1/s1. The van der Waals surface area contributed by atoms with E-state index in [0.29, 0.717) is 59.4 Å². The van der Waals surface area contributed by atoms with Crippen molar-refractivity contribution in [1.82, 2.24) is 20.2 Å². The third-order valence-electron chi connectivity index (χ3n) is 11.1. The highest BCUT2D eigenvalue weighted by molar-refractivity contribution is 6.04. The van der Waals surface area contributed by atoms with Crippen molar-refractivity contribution in [3.63, 3.8) is 0 Å². The van der Waals surface area contributed by atoms with E-state index in [1.54, 1.807) is 12.1 Å². The van der Waals surface area contributed by atoms with Gasteiger partial charge in [0.05, 0.1) is 24.9 Å². The predicted molar refractivity (Wildman–Crippen MR) is 176 cm³/mol. The molecular formula is C37H37F2N5O3. The SMILES string of the molecule is C#Cc1c(C)ccc2cc(O)cc(-c3c(F)cc4c(N5CC6CCC(C5)N6)nc(OCC5(CN6C[C@H]7C[C@@H]6CO7)CC5)nc4c3F)c12. The van der Waals surface area contributed by atoms with Crippen LogP contribution >= 0.6 is 0 Å². The van der Waals surface area contributed by atoms with E-state index in [0.717, 1.165) is 57.4 Å². The van der Waals surface area contributed by atoms with E-state index in [1.165, 1.54) is 12.1 Å². The number of morpholine rings is 1. The molecule has 1 aromatic heterocycles. The molecule has 9 rings (SSSR count). The van der Waals surface area contributed by atoms with Gasteiger partial charge in [-0.05, 0) is 68.2 Å². The van der Waals surface area contributed by atoms with Crippen LogP contribution in [0.25, 0.3) is 32.8 Å². The van der Waals surface area contributed by atoms with Gasteiger partial charge in [-0.15, -0.1) is 6.42 Å². The van der Waals surface area contributed by atoms with Crippen LogP contribution in [0.15, 0.2) is 30.3 Å². The number of piperazine rings is 1. The Morgan fingerprint density at radius 1 is 1.13 bits per heavy atom. The summed E-state index contributed by atoms with van der Waals surface area (Å²) in [5.41, 5.74) is 1.20. The Bertz CT molecular complexity index is 1980. The number of phenolic OH excluding ortho intramolecular Hbond substituents is 1. The smallest absolute Gasteiger partial charge is 0.319 e. The summed E-state index contributed by atoms with van der Waals surface area (Å²) >= 11 is 0. The Kier molecular flexibility index (Phi) is 6.66. The van der Waals surface area contributed by atoms with Gasteiger partial charge in [0, 0.05) is 71.6 Å². The number of aryl methyl sites for hydroxylation is 1. The van der Waals surface area contributed by atoms with Crippen molar-refractivity contribution in [3.8, 4) is 35.2 Å². The minimum atomic E-state index is -0.836. The molecule has 4 bridgehead atoms. The Morgan fingerprint density at radius 2 is 1.94 bits per heavy atom. The van der Waals surface area contributed by atoms with Gasteiger partial charge in [-0.3, -0.25) is 4.90 Å². The highest BCUT2D eigenvalue weighted by Crippen LogP contribution is 2.48. The van der Waals surface area contributed by atoms with E-state index in [2.05, 4.69) is 26.0 Å². The number of rotatable bonds is 7. The topological polar surface area (TPSA) is 83.0 Å². The maximum Gasteiger partial charge on any atom is 0.319 e. The molecular weight excluding hydrogens is 600 g/mol. The lowest BCUT2D eigenvalue weighted by molar-refractivity contribution is 0.0176. The van der Waals surface area contributed by atoms with Crippen molar-refractivity contribution in [2.45, 2.75) is 63.3 Å². The summed E-state index contributed by atoms with van der Waals surface area (Å²) in [6.45, 7) is 6.33. The molecule has 2 unspecified atom stereocenters. The fraction of sp³-hybridized carbons (Fsp3) is 0.459. The molecule has 4 aliphatic heterocycles. The van der Waals surface area contributed by atoms with Gasteiger partial charge in [0.25, 0.3) is 0 Å². The molecule has 4 saturated heterocycles. The fourth-order valence-corrected chi connectivity index (χ4v) is 8.47. The molecule has 5 fully saturated rings. The number of aromatic hydroxyl groups is 1. The van der Waals surface area contributed by atoms with Crippen LogP contribution in [0.2, 0.25) is 0 Å². The number of phenols is 1. The monoisotopic (exact) mass is 637 g/mol. The fourth-order valence-electron chi connectivity index (χ4n) is 8.47. The minimum Gasteiger partial charge on any atom is -0.508 e. The molecule has 4 atom stereocenters. The lowest BCUT2D eigenvalue weighted by atomic mass is 9.91. The first-order chi connectivity index (χ1) is 22.8. The van der Waals surface area contributed by atoms with E-state index in [1.807, 2.05) is 13.0 Å². The molecule has 0 spiro atoms. The molecule has 5 heterocycles. The first-order valence-corrected chi connectivity index (χ1v) is 16.7. The van der Waals surface area contributed by atoms with Crippen LogP contribution in [0.3, 0.4) is 0 Å². The van der Waals surface area contributed by atoms with Gasteiger partial charge in [0.1, 0.15) is 22.9 Å². The van der Waals surface area contributed by atoms with Crippen LogP contribution in [0.4, 0.5) is 14.6 Å². The highest BCUT2D eigenvalue weighted by Gasteiger charge is 2.49. The molecule has 10 heteroatoms. The average molecular weight is 638 g/mol. The van der Waals surface area contributed by atoms with Crippen LogP contribution < -0.4 is 15.0 Å². The number of anilines is 1. The van der Waals surface area contributed by atoms with E-state index >= 15 is 8.78 Å². The Labute approximate surface area is 272 Å². The van der Waals surface area contributed by atoms with Crippen LogP contribution in [0.5, 0.6) is 11.8 Å². The minimum absolute atomic E-state index is 0.00752. The molecule has 0 amide bonds. The van der Waals surface area contributed by atoms with Gasteiger partial charge in [-0.25, -0.2) is 8.78 Å². The van der Waals surface area contributed by atoms with Gasteiger partial charge in [0.15, 0.2) is 5.82 Å². The lowest BCUT2D eigenvalue weighted by Crippen LogP contribution is -2.51. The third-order valence-corrected chi connectivity index (χ3v) is 11.1. The molecule has 47 heavy (non-hydrogen) atoms. The number of halogens is 2. The summed E-state index contributed by atoms with van der Waals surface area (Å²) in [4.78, 5) is 14.1. The number of nitrogens with one attached hydrogen (secondary N) is 1. The lowest BCUT2D eigenvalue weighted by Gasteiger charge is -2.34. The second kappa shape index (κ2) is 10.7. The summed E-state index contributed by atoms with van der Waals surface area (Å²) in [5.74, 6) is 1.45. The summed E-state index contributed by atoms with van der Waals surface area (Å²) in [7, 11) is 0. The van der Waals surface area contributed by atoms with Crippen LogP contribution in [-0.2, 0) is 4.74 Å². The maximum atomic E-state index is 17.0. The summed E-state index contributed by atoms with van der Waals surface area (Å²) in [6, 6.07) is 9.02. The second-order valence-corrected chi connectivity index (χ2v) is 14.4. The van der Waals surface area contributed by atoms with Gasteiger partial charge in [-0.2, -0.15) is 9.97 Å². The number of aromatic nitrogens is 2. The van der Waals surface area contributed by atoms with Gasteiger partial charge >= 0.3 is 6.01 Å². The zero-order chi connectivity index (χ0) is 32.0. The van der Waals surface area contributed by atoms with Gasteiger partial charge < -0.3 is 24.8 Å². The van der Waals surface area contributed by atoms with E-state index in [-0.39, 0.29) is 45.9 Å². The number of likely N-dealkylation sites (tertiary alicyclic amines) is 1. The number of ether oxygens (including phenoxy) is 2. The number of hydrogen-bond acceptors (Lipinski definition) is 8. The Morgan fingerprint density at radius 3 is 2.64 bits per heavy atom. The van der Waals surface area contributed by atoms with E-state index < -0.39 is 11.6 Å². The number of fused-ring (bicyclic) bond motifs is 6. The number of nitrogens with zero attached hydrogens (tertiary/aromatic N) is 4. The molecule has 4 aromatic rings. The highest BCUT2D eigenvalue weighted by atomic mass is 19.1. The number of benzene rings is 3. The van der Waals surface area contributed by atoms with Gasteiger partial charge in [0.2, 0.25) is 0 Å². The third kappa shape index (κ3) is 4.90. The van der Waals surface area contributed by atoms with Gasteiger partial charge in [-0.1, -0.05) is 18.1 Å². The maximum absolute atomic E-state index is 17.0. The molecule has 1 saturated carbocycles. The Balaban J connectivity index is 1.15. The molecule has 242 valence electrons. The molecule has 2 N–H and O–H groups in total. The summed E-state index contributed by atoms with van der Waals surface area (Å²) in [6.07, 6.45) is 11.5. The first kappa shape index (κ1) is 29.1. The van der Waals surface area contributed by atoms with E-state index in [4.69, 9.17) is 20.9 Å². The summed E-state index contributed by atoms with van der Waals surface area (Å²) < 4.78 is 45.5. The van der Waals surface area contributed by atoms with Crippen LogP contribution in [-0.4, -0.2) is 83.6 Å². The summed E-state index contributed by atoms with van der Waals surface area (Å²) in [5, 5.41) is 15.7. The average Bonchev–Trinajstić information content (AvgIpc) is 3.32. The Hall–Kier alpha value is -4.04. The zero-order valence-corrected chi connectivity index (χ0v) is 26.4. The molecule has 0 radical (unpaired) electrons. The molecule has 5 aliphatic rings. The molecule has 8 nitrogen and oxygen atoms in total. The quantitative estimate of drug-likeness (QED) is 0.265. The number of terminal acetylenes is 1. The van der Waals surface area contributed by atoms with Crippen LogP contribution in [0.1, 0.15) is 43.2 Å². The van der Waals surface area contributed by atoms with Crippen LogP contribution in [0, 0.1) is 36.3 Å². The number of hydrogen-bond donors (Lipinski definition) is 2. The first-order valence-electron chi connectivity index (χ1n) is 16.7. The van der Waals surface area contributed by atoms with Crippen molar-refractivity contribution < 1.29 is 23.4 Å². The normalized spacial score (nSPS) is 26.0. The zero-order valence-electron chi connectivity index (χ0n) is 26.4. The molecule has 1 aliphatic carbocycles. The van der Waals surface area contributed by atoms with Crippen molar-refractivity contribution in [1.29, 1.82) is 0 Å². The van der Waals surface area contributed by atoms with Crippen molar-refractivity contribution in [2.24, 2.45) is 5.41 Å². The largest absolute Gasteiger partial charge is 0.508 e. The van der Waals surface area contributed by atoms with Crippen molar-refractivity contribution in [2.75, 3.05) is 44.3 Å². The van der Waals surface area contributed by atoms with Crippen molar-refractivity contribution >= 4 is 27.5 Å². The second-order valence-electron chi connectivity index (χ2n) is 14.4. The van der Waals surface area contributed by atoms with Crippen molar-refractivity contribution in [3.05, 3.63) is 53.1 Å². The van der Waals surface area contributed by atoms with E-state index in [9.17, 15) is 5.11 Å². The molecule has 3 aromatic carbocycles. The predicted octanol–water partition coefficient (Wildman–Crippen LogP) is 5.30.